The largest absolute Gasteiger partial charge is 0.505 e. The number of para-hydroxylation sites is 1. The molecule has 0 saturated heterocycles. The molecule has 34 heavy (non-hydrogen) atoms. The van der Waals surface area contributed by atoms with Gasteiger partial charge in [0.05, 0.1) is 5.52 Å². The summed E-state index contributed by atoms with van der Waals surface area (Å²) in [5.74, 6) is 2.68. The molecule has 4 rings (SSSR count). The Hall–Kier alpha value is -2.73. The van der Waals surface area contributed by atoms with Crippen LogP contribution in [-0.2, 0) is 12.8 Å². The number of halogens is 1. The minimum absolute atomic E-state index is 0.281. The molecule has 182 valence electrons. The summed E-state index contributed by atoms with van der Waals surface area (Å²) in [7, 11) is 4.08. The summed E-state index contributed by atoms with van der Waals surface area (Å²) < 4.78 is 13.4. The van der Waals surface area contributed by atoms with Gasteiger partial charge in [0, 0.05) is 25.9 Å². The number of nitrogens with zero attached hydrogens (tertiary/aromatic N) is 3. The van der Waals surface area contributed by atoms with Gasteiger partial charge in [0.15, 0.2) is 11.6 Å². The fraction of sp³-hybridized carbons (Fsp3) is 0.500. The number of aromatic nitrogens is 2. The molecule has 6 heteroatoms. The lowest BCUT2D eigenvalue weighted by molar-refractivity contribution is 0.254. The van der Waals surface area contributed by atoms with Crippen LogP contribution in [0.25, 0.3) is 10.9 Å². The topological polar surface area (TPSA) is 61.3 Å². The Labute approximate surface area is 202 Å². The molecule has 0 unspecified atom stereocenters. The lowest BCUT2D eigenvalue weighted by atomic mass is 9.80. The molecule has 1 aliphatic carbocycles. The van der Waals surface area contributed by atoms with E-state index in [1.54, 1.807) is 6.07 Å². The van der Waals surface area contributed by atoms with Gasteiger partial charge < -0.3 is 15.3 Å². The van der Waals surface area contributed by atoms with Crippen LogP contribution in [0.2, 0.25) is 0 Å². The van der Waals surface area contributed by atoms with E-state index >= 15 is 0 Å². The van der Waals surface area contributed by atoms with Crippen LogP contribution in [0.1, 0.15) is 49.9 Å². The smallest absolute Gasteiger partial charge is 0.165 e. The molecule has 0 spiro atoms. The van der Waals surface area contributed by atoms with Crippen molar-refractivity contribution < 1.29 is 9.50 Å². The maximum Gasteiger partial charge on any atom is 0.165 e. The Morgan fingerprint density at radius 1 is 1.00 bits per heavy atom. The Morgan fingerprint density at radius 3 is 2.53 bits per heavy atom. The van der Waals surface area contributed by atoms with Crippen LogP contribution in [0.4, 0.5) is 10.2 Å². The standard InChI is InChI=1S/C28H37FN4O/c1-33(2)28-23-7-3-4-8-25(23)31-27(32-28)9-5-6-20-10-12-22(13-11-20)19-30-17-16-21-14-15-26(34)24(29)18-21/h3-4,7-8,14-15,18,20,22,30,34H,5-6,9-13,16-17,19H2,1-2H3. The molecule has 2 aromatic carbocycles. The van der Waals surface area contributed by atoms with E-state index in [0.29, 0.717) is 0 Å². The number of phenolic OH excluding ortho intramolecular Hbond substituents is 1. The Bertz CT molecular complexity index is 1080. The number of phenols is 1. The molecule has 0 radical (unpaired) electrons. The average molecular weight is 465 g/mol. The molecule has 0 aliphatic heterocycles. The summed E-state index contributed by atoms with van der Waals surface area (Å²) >= 11 is 0. The van der Waals surface area contributed by atoms with Crippen LogP contribution in [0.3, 0.4) is 0 Å². The van der Waals surface area contributed by atoms with Crippen LogP contribution >= 0.6 is 0 Å². The lowest BCUT2D eigenvalue weighted by Gasteiger charge is -2.28. The predicted molar refractivity (Wildman–Crippen MR) is 137 cm³/mol. The number of fused-ring (bicyclic) bond motifs is 1. The van der Waals surface area contributed by atoms with Crippen molar-refractivity contribution in [2.45, 2.75) is 51.4 Å². The van der Waals surface area contributed by atoms with Gasteiger partial charge in [0.25, 0.3) is 0 Å². The van der Waals surface area contributed by atoms with Crippen LogP contribution < -0.4 is 10.2 Å². The molecule has 1 aliphatic rings. The molecule has 1 saturated carbocycles. The van der Waals surface area contributed by atoms with Crippen LogP contribution in [0.15, 0.2) is 42.5 Å². The quantitative estimate of drug-likeness (QED) is 0.388. The fourth-order valence-corrected chi connectivity index (χ4v) is 5.08. The molecule has 1 aromatic heterocycles. The maximum atomic E-state index is 13.4. The normalized spacial score (nSPS) is 18.3. The summed E-state index contributed by atoms with van der Waals surface area (Å²) in [6, 6.07) is 12.9. The van der Waals surface area contributed by atoms with E-state index in [-0.39, 0.29) is 5.75 Å². The zero-order valence-electron chi connectivity index (χ0n) is 20.4. The number of benzene rings is 2. The summed E-state index contributed by atoms with van der Waals surface area (Å²) in [5.41, 5.74) is 1.94. The van der Waals surface area contributed by atoms with Crippen molar-refractivity contribution in [3.05, 3.63) is 59.7 Å². The highest BCUT2D eigenvalue weighted by atomic mass is 19.1. The van der Waals surface area contributed by atoms with E-state index in [1.807, 2.05) is 26.2 Å². The van der Waals surface area contributed by atoms with E-state index in [4.69, 9.17) is 9.97 Å². The van der Waals surface area contributed by atoms with E-state index in [1.165, 1.54) is 44.2 Å². The highest BCUT2D eigenvalue weighted by Crippen LogP contribution is 2.32. The Morgan fingerprint density at radius 2 is 1.76 bits per heavy atom. The van der Waals surface area contributed by atoms with E-state index in [2.05, 4.69) is 22.3 Å². The number of anilines is 1. The minimum atomic E-state index is -0.541. The van der Waals surface area contributed by atoms with Crippen LogP contribution in [0.5, 0.6) is 5.75 Å². The van der Waals surface area contributed by atoms with Gasteiger partial charge >= 0.3 is 0 Å². The zero-order valence-corrected chi connectivity index (χ0v) is 20.4. The van der Waals surface area contributed by atoms with Crippen LogP contribution in [0, 0.1) is 17.7 Å². The molecular formula is C28H37FN4O. The highest BCUT2D eigenvalue weighted by molar-refractivity contribution is 5.89. The maximum absolute atomic E-state index is 13.4. The molecule has 1 heterocycles. The number of rotatable bonds is 10. The average Bonchev–Trinajstić information content (AvgIpc) is 2.84. The third-order valence-electron chi connectivity index (χ3n) is 7.07. The lowest BCUT2D eigenvalue weighted by Crippen LogP contribution is -2.28. The molecule has 1 fully saturated rings. The van der Waals surface area contributed by atoms with Gasteiger partial charge in [0.1, 0.15) is 11.6 Å². The monoisotopic (exact) mass is 464 g/mol. The van der Waals surface area contributed by atoms with Crippen molar-refractivity contribution in [3.8, 4) is 5.75 Å². The first-order chi connectivity index (χ1) is 16.5. The van der Waals surface area contributed by atoms with Gasteiger partial charge in [-0.05, 0) is 80.4 Å². The van der Waals surface area contributed by atoms with Gasteiger partial charge in [-0.1, -0.05) is 37.5 Å². The predicted octanol–water partition coefficient (Wildman–Crippen LogP) is 5.50. The van der Waals surface area contributed by atoms with Gasteiger partial charge in [0.2, 0.25) is 0 Å². The van der Waals surface area contributed by atoms with Crippen molar-refractivity contribution in [3.63, 3.8) is 0 Å². The van der Waals surface area contributed by atoms with Crippen molar-refractivity contribution in [1.82, 2.24) is 15.3 Å². The van der Waals surface area contributed by atoms with Gasteiger partial charge in [-0.3, -0.25) is 0 Å². The van der Waals surface area contributed by atoms with Crippen molar-refractivity contribution in [2.24, 2.45) is 11.8 Å². The van der Waals surface area contributed by atoms with Crippen molar-refractivity contribution in [2.75, 3.05) is 32.1 Å². The first kappa shape index (κ1) is 24.4. The van der Waals surface area contributed by atoms with E-state index < -0.39 is 5.82 Å². The Kier molecular flexibility index (Phi) is 8.33. The summed E-state index contributed by atoms with van der Waals surface area (Å²) in [5, 5.41) is 13.9. The third-order valence-corrected chi connectivity index (χ3v) is 7.07. The molecule has 0 bridgehead atoms. The highest BCUT2D eigenvalue weighted by Gasteiger charge is 2.21. The van der Waals surface area contributed by atoms with Gasteiger partial charge in [-0.15, -0.1) is 0 Å². The Balaban J connectivity index is 1.15. The third kappa shape index (κ3) is 6.44. The molecule has 5 nitrogen and oxygen atoms in total. The van der Waals surface area contributed by atoms with Crippen molar-refractivity contribution in [1.29, 1.82) is 0 Å². The zero-order chi connectivity index (χ0) is 23.9. The second-order valence-electron chi connectivity index (χ2n) is 9.89. The van der Waals surface area contributed by atoms with Crippen LogP contribution in [-0.4, -0.2) is 42.3 Å². The molecule has 3 aromatic rings. The summed E-state index contributed by atoms with van der Waals surface area (Å²) in [6.07, 6.45) is 9.27. The number of aryl methyl sites for hydroxylation is 1. The number of aromatic hydroxyl groups is 1. The first-order valence-corrected chi connectivity index (χ1v) is 12.6. The second-order valence-corrected chi connectivity index (χ2v) is 9.89. The molecule has 0 amide bonds. The van der Waals surface area contributed by atoms with Gasteiger partial charge in [-0.25, -0.2) is 14.4 Å². The van der Waals surface area contributed by atoms with E-state index in [9.17, 15) is 9.50 Å². The number of hydrogen-bond donors (Lipinski definition) is 2. The molecular weight excluding hydrogens is 427 g/mol. The first-order valence-electron chi connectivity index (χ1n) is 12.6. The molecule has 2 N–H and O–H groups in total. The van der Waals surface area contributed by atoms with Crippen molar-refractivity contribution >= 4 is 16.7 Å². The summed E-state index contributed by atoms with van der Waals surface area (Å²) in [4.78, 5) is 11.7. The second kappa shape index (κ2) is 11.6. The minimum Gasteiger partial charge on any atom is -0.505 e. The van der Waals surface area contributed by atoms with Gasteiger partial charge in [-0.2, -0.15) is 0 Å². The number of hydrogen-bond acceptors (Lipinski definition) is 5. The fourth-order valence-electron chi connectivity index (χ4n) is 5.08. The molecule has 0 atom stereocenters. The number of nitrogens with one attached hydrogen (secondary N) is 1. The summed E-state index contributed by atoms with van der Waals surface area (Å²) in [6.45, 7) is 1.87. The SMILES string of the molecule is CN(C)c1nc(CCCC2CCC(CNCCc3ccc(O)c(F)c3)CC2)nc2ccccc12. The van der Waals surface area contributed by atoms with E-state index in [0.717, 1.165) is 72.3 Å².